The van der Waals surface area contributed by atoms with Gasteiger partial charge >= 0.3 is 11.9 Å². The number of hydrogen-bond acceptors (Lipinski definition) is 5. The molecule has 1 aromatic rings. The molecular formula is C11H7F2I2O5-. The van der Waals surface area contributed by atoms with Crippen LogP contribution in [0.1, 0.15) is 18.6 Å². The van der Waals surface area contributed by atoms with Crippen LogP contribution in [-0.2, 0) is 9.59 Å². The quantitative estimate of drug-likeness (QED) is 0.374. The number of rotatable bonds is 4. The second-order valence-corrected chi connectivity index (χ2v) is 6.04. The molecule has 0 aliphatic heterocycles. The predicted molar refractivity (Wildman–Crippen MR) is 78.1 cm³/mol. The summed E-state index contributed by atoms with van der Waals surface area (Å²) in [5.41, 5.74) is -0.316. The molecule has 0 radical (unpaired) electrons. The summed E-state index contributed by atoms with van der Waals surface area (Å²) in [5.74, 6) is -7.52. The van der Waals surface area contributed by atoms with E-state index in [-0.39, 0.29) is 18.5 Å². The lowest BCUT2D eigenvalue weighted by molar-refractivity contribution is -0.336. The molecule has 0 spiro atoms. The van der Waals surface area contributed by atoms with Crippen molar-refractivity contribution in [3.05, 3.63) is 24.8 Å². The minimum absolute atomic E-state index is 0.159. The predicted octanol–water partition coefficient (Wildman–Crippen LogP) is 1.24. The van der Waals surface area contributed by atoms with Gasteiger partial charge in [-0.2, -0.15) is 8.78 Å². The molecule has 1 unspecified atom stereocenters. The van der Waals surface area contributed by atoms with E-state index in [0.717, 1.165) is 12.1 Å². The zero-order valence-corrected chi connectivity index (χ0v) is 14.1. The molecular weight excluding hydrogens is 504 g/mol. The van der Waals surface area contributed by atoms with Crippen molar-refractivity contribution in [2.75, 3.05) is 0 Å². The number of halogens is 4. The molecule has 1 aromatic carbocycles. The lowest BCUT2D eigenvalue weighted by atomic mass is 10.0. The van der Waals surface area contributed by atoms with Crippen molar-refractivity contribution in [1.82, 2.24) is 0 Å². The average Bonchev–Trinajstić information content (AvgIpc) is 2.32. The van der Waals surface area contributed by atoms with Crippen molar-refractivity contribution in [2.45, 2.75) is 19.0 Å². The van der Waals surface area contributed by atoms with Crippen LogP contribution in [-0.4, -0.2) is 23.0 Å². The number of aliphatic hydroxyl groups is 1. The molecule has 110 valence electrons. The van der Waals surface area contributed by atoms with Crippen LogP contribution in [0.2, 0.25) is 0 Å². The molecule has 9 heteroatoms. The molecule has 1 atom stereocenters. The monoisotopic (exact) mass is 511 g/mol. The Morgan fingerprint density at radius 3 is 2.15 bits per heavy atom. The fourth-order valence-corrected chi connectivity index (χ4v) is 3.34. The summed E-state index contributed by atoms with van der Waals surface area (Å²) in [4.78, 5) is 21.2. The van der Waals surface area contributed by atoms with Gasteiger partial charge in [0.25, 0.3) is 0 Å². The maximum Gasteiger partial charge on any atom is 0.316 e. The van der Waals surface area contributed by atoms with E-state index in [9.17, 15) is 28.6 Å². The van der Waals surface area contributed by atoms with Gasteiger partial charge in [0, 0.05) is 6.92 Å². The Bertz CT molecular complexity index is 539. The SMILES string of the molecule is CC(=O)Oc1c(I)cc(C(O)C(F)(F)C(=O)[O-])cc1I. The normalized spacial score (nSPS) is 12.9. The number of carbonyl (C=O) groups excluding carboxylic acids is 2. The van der Waals surface area contributed by atoms with Crippen LogP contribution < -0.4 is 9.84 Å². The molecule has 0 bridgehead atoms. The van der Waals surface area contributed by atoms with Gasteiger partial charge < -0.3 is 19.7 Å². The Labute approximate surface area is 139 Å². The first-order valence-electron chi connectivity index (χ1n) is 5.02. The molecule has 20 heavy (non-hydrogen) atoms. The van der Waals surface area contributed by atoms with Crippen LogP contribution in [0.25, 0.3) is 0 Å². The summed E-state index contributed by atoms with van der Waals surface area (Å²) >= 11 is 3.45. The number of carboxylic acid groups (broad SMARTS) is 1. The average molecular weight is 511 g/mol. The number of benzene rings is 1. The van der Waals surface area contributed by atoms with Gasteiger partial charge in [-0.15, -0.1) is 0 Å². The van der Waals surface area contributed by atoms with Crippen molar-refractivity contribution in [1.29, 1.82) is 0 Å². The van der Waals surface area contributed by atoms with Crippen LogP contribution in [0.15, 0.2) is 12.1 Å². The smallest absolute Gasteiger partial charge is 0.316 e. The third-order valence-electron chi connectivity index (χ3n) is 2.20. The summed E-state index contributed by atoms with van der Waals surface area (Å²) in [5, 5.41) is 19.8. The highest BCUT2D eigenvalue weighted by Gasteiger charge is 2.41. The summed E-state index contributed by atoms with van der Waals surface area (Å²) in [6.07, 6.45) is -2.55. The highest BCUT2D eigenvalue weighted by Crippen LogP contribution is 2.36. The Morgan fingerprint density at radius 1 is 1.35 bits per heavy atom. The van der Waals surface area contributed by atoms with E-state index in [0.29, 0.717) is 0 Å². The summed E-state index contributed by atoms with van der Waals surface area (Å²) < 4.78 is 31.9. The molecule has 0 aromatic heterocycles. The largest absolute Gasteiger partial charge is 0.544 e. The zero-order chi connectivity index (χ0) is 15.7. The zero-order valence-electron chi connectivity index (χ0n) is 9.82. The number of ether oxygens (including phenoxy) is 1. The number of esters is 1. The Balaban J connectivity index is 3.23. The first kappa shape index (κ1) is 17.5. The summed E-state index contributed by atoms with van der Waals surface area (Å²) in [6, 6.07) is 2.23. The molecule has 0 heterocycles. The standard InChI is InChI=1S/C11H8F2I2O5/c1-4(16)20-8-6(14)2-5(3-7(8)15)9(17)11(12,13)10(18)19/h2-3,9,17H,1H3,(H,18,19)/p-1. The lowest BCUT2D eigenvalue weighted by Gasteiger charge is -2.24. The Hall–Kier alpha value is -0.560. The Morgan fingerprint density at radius 2 is 1.80 bits per heavy atom. The number of hydrogen-bond donors (Lipinski definition) is 1. The molecule has 0 saturated heterocycles. The number of carbonyl (C=O) groups is 2. The topological polar surface area (TPSA) is 86.7 Å². The van der Waals surface area contributed by atoms with Gasteiger partial charge in [0.15, 0.2) is 5.75 Å². The van der Waals surface area contributed by atoms with E-state index in [4.69, 9.17) is 4.74 Å². The van der Waals surface area contributed by atoms with E-state index in [1.807, 2.05) is 0 Å². The molecule has 0 aliphatic rings. The van der Waals surface area contributed by atoms with Crippen LogP contribution in [0.4, 0.5) is 8.78 Å². The van der Waals surface area contributed by atoms with Crippen molar-refractivity contribution in [2.24, 2.45) is 0 Å². The first-order valence-corrected chi connectivity index (χ1v) is 7.17. The number of carboxylic acids is 1. The summed E-state index contributed by atoms with van der Waals surface area (Å²) in [7, 11) is 0. The van der Waals surface area contributed by atoms with Gasteiger partial charge in [0.1, 0.15) is 12.1 Å². The maximum atomic E-state index is 13.2. The third-order valence-corrected chi connectivity index (χ3v) is 3.80. The molecule has 0 aliphatic carbocycles. The van der Waals surface area contributed by atoms with Gasteiger partial charge in [0.2, 0.25) is 0 Å². The van der Waals surface area contributed by atoms with Crippen molar-refractivity contribution < 1.29 is 33.3 Å². The van der Waals surface area contributed by atoms with E-state index in [1.165, 1.54) is 6.92 Å². The van der Waals surface area contributed by atoms with E-state index in [1.54, 1.807) is 45.2 Å². The van der Waals surface area contributed by atoms with Gasteiger partial charge in [-0.25, -0.2) is 0 Å². The minimum atomic E-state index is -4.42. The molecule has 0 saturated carbocycles. The number of alkyl halides is 2. The first-order chi connectivity index (χ1) is 9.07. The van der Waals surface area contributed by atoms with Gasteiger partial charge in [-0.05, 0) is 62.9 Å². The molecule has 1 N–H and O–H groups in total. The molecule has 0 fully saturated rings. The highest BCUT2D eigenvalue weighted by molar-refractivity contribution is 14.1. The van der Waals surface area contributed by atoms with Crippen LogP contribution in [0.3, 0.4) is 0 Å². The molecule has 5 nitrogen and oxygen atoms in total. The fraction of sp³-hybridized carbons (Fsp3) is 0.273. The summed E-state index contributed by atoms with van der Waals surface area (Å²) in [6.45, 7) is 1.18. The van der Waals surface area contributed by atoms with Crippen molar-refractivity contribution in [3.63, 3.8) is 0 Å². The van der Waals surface area contributed by atoms with Crippen molar-refractivity contribution in [3.8, 4) is 5.75 Å². The van der Waals surface area contributed by atoms with Crippen LogP contribution in [0.5, 0.6) is 5.75 Å². The minimum Gasteiger partial charge on any atom is -0.544 e. The van der Waals surface area contributed by atoms with E-state index >= 15 is 0 Å². The van der Waals surface area contributed by atoms with Gasteiger partial charge in [-0.1, -0.05) is 0 Å². The molecule has 0 amide bonds. The lowest BCUT2D eigenvalue weighted by Crippen LogP contribution is -2.45. The van der Waals surface area contributed by atoms with E-state index < -0.39 is 24.0 Å². The maximum absolute atomic E-state index is 13.2. The number of aliphatic hydroxyl groups excluding tert-OH is 1. The van der Waals surface area contributed by atoms with Crippen LogP contribution >= 0.6 is 45.2 Å². The second-order valence-electron chi connectivity index (χ2n) is 3.72. The fourth-order valence-electron chi connectivity index (χ4n) is 1.30. The van der Waals surface area contributed by atoms with Crippen LogP contribution in [0, 0.1) is 7.14 Å². The van der Waals surface area contributed by atoms with E-state index in [2.05, 4.69) is 0 Å². The number of aliphatic carboxylic acids is 1. The second kappa shape index (κ2) is 6.47. The molecule has 1 rings (SSSR count). The van der Waals surface area contributed by atoms with Gasteiger partial charge in [-0.3, -0.25) is 4.79 Å². The van der Waals surface area contributed by atoms with Gasteiger partial charge in [0.05, 0.1) is 7.14 Å². The Kier molecular flexibility index (Phi) is 5.66. The highest BCUT2D eigenvalue weighted by atomic mass is 127. The third kappa shape index (κ3) is 3.75. The van der Waals surface area contributed by atoms with Crippen molar-refractivity contribution >= 4 is 57.1 Å².